The normalized spacial score (nSPS) is 14.6. The van der Waals surface area contributed by atoms with Crippen LogP contribution in [0.3, 0.4) is 0 Å². The van der Waals surface area contributed by atoms with Crippen LogP contribution in [0.5, 0.6) is 0 Å². The van der Waals surface area contributed by atoms with E-state index in [2.05, 4.69) is 57.1 Å². The van der Waals surface area contributed by atoms with Gasteiger partial charge in [0.25, 0.3) is 0 Å². The van der Waals surface area contributed by atoms with Gasteiger partial charge < -0.3 is 15.5 Å². The van der Waals surface area contributed by atoms with E-state index in [1.54, 1.807) is 0 Å². The molecular weight excluding hydrogens is 250 g/mol. The predicted molar refractivity (Wildman–Crippen MR) is 86.9 cm³/mol. The summed E-state index contributed by atoms with van der Waals surface area (Å²) in [6.45, 7) is 16.7. The van der Waals surface area contributed by atoms with E-state index in [4.69, 9.17) is 0 Å². The molecule has 2 atom stereocenters. The van der Waals surface area contributed by atoms with E-state index >= 15 is 0 Å². The van der Waals surface area contributed by atoms with Gasteiger partial charge in [-0.15, -0.1) is 0 Å². The van der Waals surface area contributed by atoms with E-state index in [1.807, 2.05) is 0 Å². The first kappa shape index (κ1) is 19.4. The van der Waals surface area contributed by atoms with Crippen molar-refractivity contribution in [1.29, 1.82) is 0 Å². The lowest BCUT2D eigenvalue weighted by Gasteiger charge is -2.21. The van der Waals surface area contributed by atoms with Gasteiger partial charge in [-0.2, -0.15) is 0 Å². The summed E-state index contributed by atoms with van der Waals surface area (Å²) in [4.78, 5) is 14.2. The fourth-order valence-corrected chi connectivity index (χ4v) is 2.00. The van der Waals surface area contributed by atoms with Crippen LogP contribution in [0.2, 0.25) is 0 Å². The Bertz CT molecular complexity index is 252. The summed E-state index contributed by atoms with van der Waals surface area (Å²) < 4.78 is 0. The molecule has 120 valence electrons. The van der Waals surface area contributed by atoms with Crippen molar-refractivity contribution >= 4 is 5.91 Å². The quantitative estimate of drug-likeness (QED) is 0.612. The van der Waals surface area contributed by atoms with E-state index in [0.29, 0.717) is 18.5 Å². The van der Waals surface area contributed by atoms with Crippen molar-refractivity contribution in [3.8, 4) is 0 Å². The van der Waals surface area contributed by atoms with Crippen molar-refractivity contribution in [1.82, 2.24) is 15.5 Å². The smallest absolute Gasteiger partial charge is 0.234 e. The number of nitrogens with one attached hydrogen (secondary N) is 2. The molecule has 0 aromatic carbocycles. The highest BCUT2D eigenvalue weighted by atomic mass is 16.1. The molecule has 20 heavy (non-hydrogen) atoms. The molecule has 2 N–H and O–H groups in total. The molecule has 0 aliphatic rings. The van der Waals surface area contributed by atoms with Gasteiger partial charge in [0.15, 0.2) is 0 Å². The van der Waals surface area contributed by atoms with Crippen LogP contribution in [0.15, 0.2) is 0 Å². The van der Waals surface area contributed by atoms with E-state index in [1.165, 1.54) is 6.42 Å². The van der Waals surface area contributed by atoms with Crippen molar-refractivity contribution < 1.29 is 4.79 Å². The molecule has 0 aliphatic heterocycles. The van der Waals surface area contributed by atoms with Crippen LogP contribution in [0.4, 0.5) is 0 Å². The standard InChI is InChI=1S/C16H35N3O/c1-7-19(8-2)11-9-10-14(5)17-12-16(20)18-15(6)13(3)4/h13-15,17H,7-12H2,1-6H3,(H,18,20). The lowest BCUT2D eigenvalue weighted by atomic mass is 10.1. The zero-order chi connectivity index (χ0) is 15.5. The number of carbonyl (C=O) groups is 1. The molecule has 0 radical (unpaired) electrons. The van der Waals surface area contributed by atoms with Crippen LogP contribution < -0.4 is 10.6 Å². The van der Waals surface area contributed by atoms with Gasteiger partial charge in [0.05, 0.1) is 6.54 Å². The summed E-state index contributed by atoms with van der Waals surface area (Å²) in [5.74, 6) is 0.576. The first-order valence-electron chi connectivity index (χ1n) is 8.15. The number of nitrogens with zero attached hydrogens (tertiary/aromatic N) is 1. The zero-order valence-corrected chi connectivity index (χ0v) is 14.3. The Kier molecular flexibility index (Phi) is 10.8. The lowest BCUT2D eigenvalue weighted by molar-refractivity contribution is -0.121. The molecule has 0 aromatic rings. The Hall–Kier alpha value is -0.610. The minimum Gasteiger partial charge on any atom is -0.352 e. The molecular formula is C16H35N3O. The van der Waals surface area contributed by atoms with E-state index in [0.717, 1.165) is 26.1 Å². The van der Waals surface area contributed by atoms with Crippen molar-refractivity contribution in [3.63, 3.8) is 0 Å². The molecule has 0 spiro atoms. The van der Waals surface area contributed by atoms with Crippen LogP contribution >= 0.6 is 0 Å². The Labute approximate surface area is 125 Å². The molecule has 0 heterocycles. The van der Waals surface area contributed by atoms with Crippen LogP contribution in [0.25, 0.3) is 0 Å². The van der Waals surface area contributed by atoms with Gasteiger partial charge in [-0.3, -0.25) is 4.79 Å². The van der Waals surface area contributed by atoms with Gasteiger partial charge in [0, 0.05) is 12.1 Å². The summed E-state index contributed by atoms with van der Waals surface area (Å²) >= 11 is 0. The van der Waals surface area contributed by atoms with Crippen molar-refractivity contribution in [2.45, 2.75) is 66.5 Å². The first-order chi connectivity index (χ1) is 9.40. The molecule has 0 rings (SSSR count). The van der Waals surface area contributed by atoms with Gasteiger partial charge in [-0.1, -0.05) is 27.7 Å². The third-order valence-electron chi connectivity index (χ3n) is 4.01. The Morgan fingerprint density at radius 2 is 1.70 bits per heavy atom. The topological polar surface area (TPSA) is 44.4 Å². The molecule has 0 aromatic heterocycles. The molecule has 0 aliphatic carbocycles. The number of hydrogen-bond acceptors (Lipinski definition) is 3. The highest BCUT2D eigenvalue weighted by molar-refractivity contribution is 5.78. The number of rotatable bonds is 11. The van der Waals surface area contributed by atoms with Crippen LogP contribution in [0.1, 0.15) is 54.4 Å². The molecule has 0 saturated carbocycles. The largest absolute Gasteiger partial charge is 0.352 e. The Morgan fingerprint density at radius 3 is 2.20 bits per heavy atom. The fourth-order valence-electron chi connectivity index (χ4n) is 2.00. The summed E-state index contributed by atoms with van der Waals surface area (Å²) in [6.07, 6.45) is 2.30. The van der Waals surface area contributed by atoms with Crippen LogP contribution in [-0.4, -0.2) is 49.1 Å². The number of amides is 1. The van der Waals surface area contributed by atoms with Gasteiger partial charge in [0.2, 0.25) is 5.91 Å². The minimum absolute atomic E-state index is 0.0989. The SMILES string of the molecule is CCN(CC)CCCC(C)NCC(=O)NC(C)C(C)C. The van der Waals surface area contributed by atoms with Gasteiger partial charge in [0.1, 0.15) is 0 Å². The second kappa shape index (κ2) is 11.1. The highest BCUT2D eigenvalue weighted by Gasteiger charge is 2.11. The maximum atomic E-state index is 11.8. The predicted octanol–water partition coefficient (Wildman–Crippen LogP) is 2.25. The summed E-state index contributed by atoms with van der Waals surface area (Å²) in [7, 11) is 0. The highest BCUT2D eigenvalue weighted by Crippen LogP contribution is 2.00. The average molecular weight is 285 g/mol. The molecule has 4 nitrogen and oxygen atoms in total. The molecule has 0 saturated heterocycles. The second-order valence-corrected chi connectivity index (χ2v) is 6.05. The zero-order valence-electron chi connectivity index (χ0n) is 14.3. The average Bonchev–Trinajstić information content (AvgIpc) is 2.41. The summed E-state index contributed by atoms with van der Waals surface area (Å²) in [5, 5.41) is 6.32. The van der Waals surface area contributed by atoms with Crippen molar-refractivity contribution in [2.24, 2.45) is 5.92 Å². The Morgan fingerprint density at radius 1 is 1.10 bits per heavy atom. The summed E-state index contributed by atoms with van der Waals surface area (Å²) in [6, 6.07) is 0.632. The van der Waals surface area contributed by atoms with E-state index in [9.17, 15) is 4.79 Å². The number of carbonyl (C=O) groups excluding carboxylic acids is 1. The first-order valence-corrected chi connectivity index (χ1v) is 8.15. The van der Waals surface area contributed by atoms with Crippen molar-refractivity contribution in [2.75, 3.05) is 26.2 Å². The monoisotopic (exact) mass is 285 g/mol. The third-order valence-corrected chi connectivity index (χ3v) is 4.01. The molecule has 0 fully saturated rings. The fraction of sp³-hybridized carbons (Fsp3) is 0.938. The Balaban J connectivity index is 3.71. The molecule has 4 heteroatoms. The van der Waals surface area contributed by atoms with Gasteiger partial charge in [-0.05, 0) is 52.2 Å². The molecule has 1 amide bonds. The third kappa shape index (κ3) is 9.32. The number of hydrogen-bond donors (Lipinski definition) is 2. The van der Waals surface area contributed by atoms with Crippen LogP contribution in [-0.2, 0) is 4.79 Å². The lowest BCUT2D eigenvalue weighted by Crippen LogP contribution is -2.43. The molecule has 0 bridgehead atoms. The van der Waals surface area contributed by atoms with Gasteiger partial charge in [-0.25, -0.2) is 0 Å². The maximum Gasteiger partial charge on any atom is 0.234 e. The minimum atomic E-state index is 0.0989. The van der Waals surface area contributed by atoms with Crippen LogP contribution in [0, 0.1) is 5.92 Å². The molecule has 2 unspecified atom stereocenters. The van der Waals surface area contributed by atoms with E-state index in [-0.39, 0.29) is 11.9 Å². The maximum absolute atomic E-state index is 11.8. The summed E-state index contributed by atoms with van der Waals surface area (Å²) in [5.41, 5.74) is 0. The van der Waals surface area contributed by atoms with Crippen molar-refractivity contribution in [3.05, 3.63) is 0 Å². The van der Waals surface area contributed by atoms with E-state index < -0.39 is 0 Å². The second-order valence-electron chi connectivity index (χ2n) is 6.05. The van der Waals surface area contributed by atoms with Gasteiger partial charge >= 0.3 is 0 Å².